The van der Waals surface area contributed by atoms with Gasteiger partial charge in [-0.2, -0.15) is 0 Å². The van der Waals surface area contributed by atoms with Crippen molar-refractivity contribution in [3.05, 3.63) is 75.6 Å². The number of benzene rings is 1. The Labute approximate surface area is 169 Å². The van der Waals surface area contributed by atoms with Crippen LogP contribution >= 0.6 is 11.6 Å². The first-order valence-corrected chi connectivity index (χ1v) is 9.62. The zero-order valence-electron chi connectivity index (χ0n) is 16.0. The monoisotopic (exact) mass is 398 g/mol. The molecule has 1 N–H and O–H groups in total. The summed E-state index contributed by atoms with van der Waals surface area (Å²) in [5.74, 6) is -0.00685. The predicted molar refractivity (Wildman–Crippen MR) is 108 cm³/mol. The maximum absolute atomic E-state index is 11.2. The van der Waals surface area contributed by atoms with Gasteiger partial charge in [0.05, 0.1) is 5.56 Å². The Kier molecular flexibility index (Phi) is 6.41. The first-order valence-electron chi connectivity index (χ1n) is 9.24. The highest BCUT2D eigenvalue weighted by Crippen LogP contribution is 2.16. The molecule has 28 heavy (non-hydrogen) atoms. The molecule has 0 radical (unpaired) electrons. The largest absolute Gasteiger partial charge is 0.478 e. The molecule has 2 aromatic heterocycles. The molecular formula is C21H23ClN4O2. The van der Waals surface area contributed by atoms with E-state index in [0.717, 1.165) is 53.6 Å². The van der Waals surface area contributed by atoms with Crippen molar-refractivity contribution in [3.8, 4) is 0 Å². The highest BCUT2D eigenvalue weighted by atomic mass is 35.5. The lowest BCUT2D eigenvalue weighted by Crippen LogP contribution is -2.07. The number of nitrogens with zero attached hydrogens (tertiary/aromatic N) is 4. The molecule has 3 aromatic rings. The maximum atomic E-state index is 11.2. The molecule has 0 saturated carbocycles. The Hall–Kier alpha value is -2.73. The molecule has 1 aromatic carbocycles. The Bertz CT molecular complexity index is 964. The lowest BCUT2D eigenvalue weighted by molar-refractivity contribution is 0.0696. The predicted octanol–water partition coefficient (Wildman–Crippen LogP) is 4.06. The minimum atomic E-state index is -0.928. The van der Waals surface area contributed by atoms with Crippen molar-refractivity contribution in [3.63, 3.8) is 0 Å². The summed E-state index contributed by atoms with van der Waals surface area (Å²) in [6.45, 7) is 4.63. The van der Waals surface area contributed by atoms with Crippen molar-refractivity contribution in [2.75, 3.05) is 0 Å². The fraction of sp³-hybridized carbons (Fsp3) is 0.333. The van der Waals surface area contributed by atoms with E-state index in [4.69, 9.17) is 11.6 Å². The van der Waals surface area contributed by atoms with Crippen molar-refractivity contribution < 1.29 is 9.90 Å². The summed E-state index contributed by atoms with van der Waals surface area (Å²) in [7, 11) is 0. The van der Waals surface area contributed by atoms with Gasteiger partial charge in [-0.1, -0.05) is 17.7 Å². The van der Waals surface area contributed by atoms with Gasteiger partial charge in [-0.3, -0.25) is 4.98 Å². The van der Waals surface area contributed by atoms with Gasteiger partial charge in [0.1, 0.15) is 12.2 Å². The van der Waals surface area contributed by atoms with Crippen molar-refractivity contribution >= 4 is 17.6 Å². The van der Waals surface area contributed by atoms with Crippen LogP contribution in [0.5, 0.6) is 0 Å². The van der Waals surface area contributed by atoms with Crippen LogP contribution in [-0.2, 0) is 25.8 Å². The second kappa shape index (κ2) is 8.97. The van der Waals surface area contributed by atoms with E-state index < -0.39 is 5.97 Å². The zero-order valence-corrected chi connectivity index (χ0v) is 16.8. The van der Waals surface area contributed by atoms with Gasteiger partial charge >= 0.3 is 5.97 Å². The topological polar surface area (TPSA) is 80.9 Å². The van der Waals surface area contributed by atoms with E-state index in [-0.39, 0.29) is 5.56 Å². The van der Waals surface area contributed by atoms with Crippen molar-refractivity contribution in [1.82, 2.24) is 19.7 Å². The standard InChI is InChI=1S/C21H23ClN4O2/c1-14-8-16(11-18(22)9-14)6-7-26-13-23-25-20(26)5-3-4-19-12-17(21(27)28)10-15(2)24-19/h8-13H,3-7H2,1-2H3,(H,27,28). The Morgan fingerprint density at radius 3 is 2.68 bits per heavy atom. The molecule has 3 rings (SSSR count). The van der Waals surface area contributed by atoms with Crippen molar-refractivity contribution in [1.29, 1.82) is 0 Å². The molecule has 0 atom stereocenters. The first-order chi connectivity index (χ1) is 13.4. The fourth-order valence-corrected chi connectivity index (χ4v) is 3.59. The summed E-state index contributed by atoms with van der Waals surface area (Å²) >= 11 is 6.14. The van der Waals surface area contributed by atoms with Gasteiger partial charge in [-0.05, 0) is 68.5 Å². The number of rotatable bonds is 8. The quantitative estimate of drug-likeness (QED) is 0.618. The average Bonchev–Trinajstić information content (AvgIpc) is 3.06. The number of aromatic nitrogens is 4. The molecule has 0 aliphatic heterocycles. The van der Waals surface area contributed by atoms with E-state index in [2.05, 4.69) is 25.8 Å². The third-order valence-electron chi connectivity index (χ3n) is 4.53. The number of hydrogen-bond donors (Lipinski definition) is 1. The molecule has 0 fully saturated rings. The maximum Gasteiger partial charge on any atom is 0.335 e. The van der Waals surface area contributed by atoms with Gasteiger partial charge in [0.25, 0.3) is 0 Å². The number of hydrogen-bond acceptors (Lipinski definition) is 4. The Morgan fingerprint density at radius 2 is 1.93 bits per heavy atom. The Morgan fingerprint density at radius 1 is 1.11 bits per heavy atom. The van der Waals surface area contributed by atoms with Gasteiger partial charge in [0, 0.05) is 29.4 Å². The lowest BCUT2D eigenvalue weighted by Gasteiger charge is -2.08. The summed E-state index contributed by atoms with van der Waals surface area (Å²) in [6, 6.07) is 9.30. The molecule has 2 heterocycles. The summed E-state index contributed by atoms with van der Waals surface area (Å²) in [5.41, 5.74) is 4.13. The fourth-order valence-electron chi connectivity index (χ4n) is 3.28. The molecule has 0 unspecified atom stereocenters. The third kappa shape index (κ3) is 5.39. The van der Waals surface area contributed by atoms with Gasteiger partial charge in [0.15, 0.2) is 0 Å². The van der Waals surface area contributed by atoms with Crippen LogP contribution < -0.4 is 0 Å². The minimum absolute atomic E-state index is 0.280. The third-order valence-corrected chi connectivity index (χ3v) is 4.74. The van der Waals surface area contributed by atoms with E-state index in [0.29, 0.717) is 6.42 Å². The number of halogens is 1. The van der Waals surface area contributed by atoms with Crippen LogP contribution in [0.25, 0.3) is 0 Å². The van der Waals surface area contributed by atoms with Gasteiger partial charge in [-0.15, -0.1) is 10.2 Å². The van der Waals surface area contributed by atoms with Crippen LogP contribution in [0, 0.1) is 13.8 Å². The van der Waals surface area contributed by atoms with Crippen LogP contribution in [0.3, 0.4) is 0 Å². The molecule has 7 heteroatoms. The molecule has 0 aliphatic rings. The average molecular weight is 399 g/mol. The summed E-state index contributed by atoms with van der Waals surface area (Å²) in [6.07, 6.45) is 4.88. The molecule has 146 valence electrons. The van der Waals surface area contributed by atoms with Crippen molar-refractivity contribution in [2.24, 2.45) is 0 Å². The van der Waals surface area contributed by atoms with E-state index >= 15 is 0 Å². The van der Waals surface area contributed by atoms with E-state index in [1.807, 2.05) is 26.0 Å². The van der Waals surface area contributed by atoms with E-state index in [1.54, 1.807) is 18.5 Å². The molecule has 0 aliphatic carbocycles. The van der Waals surface area contributed by atoms with Crippen LogP contribution in [0.4, 0.5) is 0 Å². The number of pyridine rings is 1. The first kappa shape index (κ1) is 20.0. The second-order valence-electron chi connectivity index (χ2n) is 6.97. The molecule has 0 spiro atoms. The molecule has 0 saturated heterocycles. The van der Waals surface area contributed by atoms with Gasteiger partial charge in [-0.25, -0.2) is 4.79 Å². The van der Waals surface area contributed by atoms with Crippen LogP contribution in [0.15, 0.2) is 36.7 Å². The van der Waals surface area contributed by atoms with Crippen LogP contribution in [0.1, 0.15) is 45.1 Å². The van der Waals surface area contributed by atoms with E-state index in [1.165, 1.54) is 5.56 Å². The number of carboxylic acids is 1. The molecule has 0 bridgehead atoms. The van der Waals surface area contributed by atoms with E-state index in [9.17, 15) is 9.90 Å². The molecular weight excluding hydrogens is 376 g/mol. The van der Waals surface area contributed by atoms with Gasteiger partial charge < -0.3 is 9.67 Å². The lowest BCUT2D eigenvalue weighted by atomic mass is 10.1. The SMILES string of the molecule is Cc1cc(Cl)cc(CCn2cnnc2CCCc2cc(C(=O)O)cc(C)n2)c1. The van der Waals surface area contributed by atoms with Crippen LogP contribution in [0.2, 0.25) is 5.02 Å². The molecule has 0 amide bonds. The number of carbonyl (C=O) groups is 1. The summed E-state index contributed by atoms with van der Waals surface area (Å²) < 4.78 is 2.06. The number of aryl methyl sites for hydroxylation is 6. The normalized spacial score (nSPS) is 11.0. The molecule has 6 nitrogen and oxygen atoms in total. The zero-order chi connectivity index (χ0) is 20.1. The second-order valence-corrected chi connectivity index (χ2v) is 7.41. The highest BCUT2D eigenvalue weighted by molar-refractivity contribution is 6.30. The summed E-state index contributed by atoms with van der Waals surface area (Å²) in [5, 5.41) is 18.2. The van der Waals surface area contributed by atoms with Crippen molar-refractivity contribution in [2.45, 2.75) is 46.1 Å². The minimum Gasteiger partial charge on any atom is -0.478 e. The highest BCUT2D eigenvalue weighted by Gasteiger charge is 2.09. The Balaban J connectivity index is 1.58. The smallest absolute Gasteiger partial charge is 0.335 e. The number of carboxylic acid groups (broad SMARTS) is 1. The summed E-state index contributed by atoms with van der Waals surface area (Å²) in [4.78, 5) is 15.6. The number of aromatic carboxylic acids is 1. The van der Waals surface area contributed by atoms with Gasteiger partial charge in [0.2, 0.25) is 0 Å². The van der Waals surface area contributed by atoms with Crippen LogP contribution in [-0.4, -0.2) is 30.8 Å².